The number of carbonyl (C=O) groups is 2. The van der Waals surface area contributed by atoms with E-state index in [2.05, 4.69) is 0 Å². The molecule has 2 aliphatic rings. The molecule has 0 spiro atoms. The highest BCUT2D eigenvalue weighted by Gasteiger charge is 2.42. The molecular weight excluding hydrogens is 715 g/mol. The zero-order valence-corrected chi connectivity index (χ0v) is 33.3. The molecule has 4 aromatic carbocycles. The predicted molar refractivity (Wildman–Crippen MR) is 213 cm³/mol. The second kappa shape index (κ2) is 18.4. The van der Waals surface area contributed by atoms with Crippen LogP contribution in [0, 0.1) is 11.6 Å². The molecule has 0 radical (unpaired) electrons. The maximum absolute atomic E-state index is 13.9. The van der Waals surface area contributed by atoms with Crippen molar-refractivity contribution in [1.29, 1.82) is 0 Å². The van der Waals surface area contributed by atoms with Gasteiger partial charge in [0.1, 0.15) is 22.8 Å². The number of carbonyl (C=O) groups excluding carboxylic acids is 2. The van der Waals surface area contributed by atoms with E-state index in [4.69, 9.17) is 9.47 Å². The monoisotopic (exact) mass is 770 g/mol. The summed E-state index contributed by atoms with van der Waals surface area (Å²) in [4.78, 5) is 28.5. The Hall–Kier alpha value is -4.80. The quantitative estimate of drug-likeness (QED) is 0.185. The van der Waals surface area contributed by atoms with Crippen molar-refractivity contribution in [2.45, 2.75) is 115 Å². The zero-order chi connectivity index (χ0) is 40.6. The summed E-state index contributed by atoms with van der Waals surface area (Å²) in [5.41, 5.74) is 1.95. The molecule has 4 aromatic rings. The first-order chi connectivity index (χ1) is 26.5. The van der Waals surface area contributed by atoms with Crippen LogP contribution in [0.25, 0.3) is 0 Å². The normalized spacial score (nSPS) is 19.3. The van der Waals surface area contributed by atoms with Crippen molar-refractivity contribution in [1.82, 2.24) is 9.80 Å². The second-order valence-corrected chi connectivity index (χ2v) is 16.6. The van der Waals surface area contributed by atoms with Gasteiger partial charge in [0, 0.05) is 24.9 Å². The third-order valence-electron chi connectivity index (χ3n) is 10.1. The number of hydrogen-bond acceptors (Lipinski definition) is 6. The summed E-state index contributed by atoms with van der Waals surface area (Å²) in [6, 6.07) is 30.9. The average molecular weight is 771 g/mol. The summed E-state index contributed by atoms with van der Waals surface area (Å²) in [6.07, 6.45) is 0.369. The number of hydrogen-bond donors (Lipinski definition) is 2. The Bertz CT molecular complexity index is 1740. The number of nitrogens with zero attached hydrogens (tertiary/aromatic N) is 2. The van der Waals surface area contributed by atoms with Crippen molar-refractivity contribution >= 4 is 12.2 Å². The molecule has 2 saturated heterocycles. The predicted octanol–water partition coefficient (Wildman–Crippen LogP) is 9.44. The van der Waals surface area contributed by atoms with Crippen LogP contribution in [-0.2, 0) is 9.47 Å². The van der Waals surface area contributed by atoms with E-state index in [0.29, 0.717) is 37.1 Å². The van der Waals surface area contributed by atoms with E-state index < -0.39 is 47.4 Å². The van der Waals surface area contributed by atoms with E-state index in [-0.39, 0.29) is 23.7 Å². The summed E-state index contributed by atoms with van der Waals surface area (Å²) >= 11 is 0. The van der Waals surface area contributed by atoms with E-state index in [0.717, 1.165) is 24.0 Å². The molecular formula is C46H56F2N2O6. The number of benzene rings is 4. The molecule has 300 valence electrons. The summed E-state index contributed by atoms with van der Waals surface area (Å²) in [5.74, 6) is -1.57. The molecule has 6 atom stereocenters. The molecule has 2 amide bonds. The van der Waals surface area contributed by atoms with Gasteiger partial charge in [-0.2, -0.15) is 0 Å². The van der Waals surface area contributed by atoms with E-state index in [9.17, 15) is 28.6 Å². The summed E-state index contributed by atoms with van der Waals surface area (Å²) in [6.45, 7) is 12.0. The minimum Gasteiger partial charge on any atom is -0.444 e. The number of halogens is 2. The lowest BCUT2D eigenvalue weighted by Crippen LogP contribution is -2.47. The van der Waals surface area contributed by atoms with Crippen LogP contribution in [-0.4, -0.2) is 80.8 Å². The van der Waals surface area contributed by atoms with Crippen molar-refractivity contribution in [2.24, 2.45) is 0 Å². The Kier molecular flexibility index (Phi) is 13.9. The summed E-state index contributed by atoms with van der Waals surface area (Å²) < 4.78 is 38.9. The lowest BCUT2D eigenvalue weighted by atomic mass is 9.83. The Balaban J connectivity index is 0.000000214. The Morgan fingerprint density at radius 3 is 1.23 bits per heavy atom. The van der Waals surface area contributed by atoms with Gasteiger partial charge >= 0.3 is 12.2 Å². The third kappa shape index (κ3) is 11.2. The average Bonchev–Trinajstić information content (AvgIpc) is 3.83. The first kappa shape index (κ1) is 42.3. The van der Waals surface area contributed by atoms with Crippen LogP contribution in [0.2, 0.25) is 0 Å². The van der Waals surface area contributed by atoms with Gasteiger partial charge in [-0.25, -0.2) is 18.4 Å². The molecule has 56 heavy (non-hydrogen) atoms. The van der Waals surface area contributed by atoms with Crippen molar-refractivity contribution in [3.63, 3.8) is 0 Å². The van der Waals surface area contributed by atoms with Crippen LogP contribution in [0.5, 0.6) is 0 Å². The van der Waals surface area contributed by atoms with Gasteiger partial charge in [0.05, 0.1) is 24.3 Å². The van der Waals surface area contributed by atoms with Crippen molar-refractivity contribution in [2.75, 3.05) is 13.1 Å². The second-order valence-electron chi connectivity index (χ2n) is 16.6. The summed E-state index contributed by atoms with van der Waals surface area (Å²) in [5, 5.41) is 22.7. The van der Waals surface area contributed by atoms with E-state index in [1.165, 1.54) is 24.3 Å². The van der Waals surface area contributed by atoms with Gasteiger partial charge < -0.3 is 29.5 Å². The standard InChI is InChI=1S/2C23H28FNO3/c2*1-23(2,3)28-22(27)25-14-8-13-19(25)21(26)20(16-9-5-4-6-10-16)17-11-7-12-18(24)15-17/h2*4-7,9-12,15,19-21,26H,8,13-14H2,1-3H3/t19-,20+,21-;19-,20-,21+/m11/s1. The summed E-state index contributed by atoms with van der Waals surface area (Å²) in [7, 11) is 0. The van der Waals surface area contributed by atoms with Gasteiger partial charge in [-0.3, -0.25) is 0 Å². The van der Waals surface area contributed by atoms with Gasteiger partial charge in [0.2, 0.25) is 0 Å². The Morgan fingerprint density at radius 1 is 0.571 bits per heavy atom. The van der Waals surface area contributed by atoms with Crippen molar-refractivity contribution < 1.29 is 38.1 Å². The third-order valence-corrected chi connectivity index (χ3v) is 10.1. The topological polar surface area (TPSA) is 99.5 Å². The minimum atomic E-state index is -0.876. The van der Waals surface area contributed by atoms with Crippen LogP contribution in [0.3, 0.4) is 0 Å². The van der Waals surface area contributed by atoms with Gasteiger partial charge in [-0.1, -0.05) is 84.9 Å². The number of likely N-dealkylation sites (tertiary alicyclic amines) is 2. The van der Waals surface area contributed by atoms with Crippen LogP contribution in [0.1, 0.15) is 101 Å². The van der Waals surface area contributed by atoms with E-state index >= 15 is 0 Å². The molecule has 0 bridgehead atoms. The molecule has 0 aliphatic carbocycles. The maximum Gasteiger partial charge on any atom is 0.410 e. The Morgan fingerprint density at radius 2 is 0.911 bits per heavy atom. The molecule has 2 N–H and O–H groups in total. The van der Waals surface area contributed by atoms with Crippen LogP contribution < -0.4 is 0 Å². The highest BCUT2D eigenvalue weighted by molar-refractivity contribution is 5.69. The molecule has 2 aliphatic heterocycles. The fourth-order valence-electron chi connectivity index (χ4n) is 7.73. The highest BCUT2D eigenvalue weighted by Crippen LogP contribution is 2.37. The number of amides is 2. The van der Waals surface area contributed by atoms with Crippen molar-refractivity contribution in [3.8, 4) is 0 Å². The van der Waals surface area contributed by atoms with Gasteiger partial charge in [-0.15, -0.1) is 0 Å². The Labute approximate surface area is 330 Å². The van der Waals surface area contributed by atoms with Crippen LogP contribution in [0.4, 0.5) is 18.4 Å². The fourth-order valence-corrected chi connectivity index (χ4v) is 7.73. The van der Waals surface area contributed by atoms with E-state index in [1.807, 2.05) is 114 Å². The SMILES string of the molecule is CC(C)(C)OC(=O)N1CCC[C@@H]1[C@@H](O)[C@@H](c1ccccc1)c1cccc(F)c1.CC(C)(C)OC(=O)N1CCC[C@@H]1[C@H](O)[C@H](c1ccccc1)c1cccc(F)c1. The fraction of sp³-hybridized carbons (Fsp3) is 0.435. The molecule has 0 aromatic heterocycles. The van der Waals surface area contributed by atoms with Gasteiger partial charge in [0.25, 0.3) is 0 Å². The maximum atomic E-state index is 13.9. The molecule has 2 fully saturated rings. The van der Waals surface area contributed by atoms with Gasteiger partial charge in [-0.05, 0) is 114 Å². The molecule has 8 nitrogen and oxygen atoms in total. The smallest absolute Gasteiger partial charge is 0.410 e. The molecule has 0 saturated carbocycles. The molecule has 2 heterocycles. The zero-order valence-electron chi connectivity index (χ0n) is 33.3. The first-order valence-electron chi connectivity index (χ1n) is 19.5. The molecule has 10 heteroatoms. The van der Waals surface area contributed by atoms with Crippen LogP contribution in [0.15, 0.2) is 109 Å². The van der Waals surface area contributed by atoms with Gasteiger partial charge in [0.15, 0.2) is 0 Å². The number of aliphatic hydroxyl groups is 2. The first-order valence-corrected chi connectivity index (χ1v) is 19.5. The van der Waals surface area contributed by atoms with Crippen molar-refractivity contribution in [3.05, 3.63) is 143 Å². The molecule has 6 rings (SSSR count). The number of ether oxygens (including phenoxy) is 2. The minimum absolute atomic E-state index is 0.346. The number of aliphatic hydroxyl groups excluding tert-OH is 2. The largest absolute Gasteiger partial charge is 0.444 e. The van der Waals surface area contributed by atoms with Crippen LogP contribution >= 0.6 is 0 Å². The molecule has 0 unspecified atom stereocenters. The lowest BCUT2D eigenvalue weighted by Gasteiger charge is -2.35. The number of rotatable bonds is 8. The van der Waals surface area contributed by atoms with E-state index in [1.54, 1.807) is 21.9 Å². The highest BCUT2D eigenvalue weighted by atomic mass is 19.1. The lowest BCUT2D eigenvalue weighted by molar-refractivity contribution is 0.00204.